The number of hydrogen-bond acceptors (Lipinski definition) is 7. The number of nitrogens with zero attached hydrogens (tertiary/aromatic N) is 3. The van der Waals surface area contributed by atoms with Gasteiger partial charge in [0.2, 0.25) is 10.0 Å². The first-order valence-electron chi connectivity index (χ1n) is 10.7. The van der Waals surface area contributed by atoms with E-state index in [1.807, 2.05) is 4.90 Å². The minimum absolute atomic E-state index is 0.0641. The number of sulfonamides is 1. The molecule has 0 aliphatic carbocycles. The van der Waals surface area contributed by atoms with Crippen molar-refractivity contribution in [1.82, 2.24) is 4.31 Å². The van der Waals surface area contributed by atoms with Gasteiger partial charge in [0.15, 0.2) is 0 Å². The third-order valence-electron chi connectivity index (χ3n) is 5.66. The molecule has 33 heavy (non-hydrogen) atoms. The molecule has 0 radical (unpaired) electrons. The number of nitro benzene ring substituents is 1. The predicted molar refractivity (Wildman–Crippen MR) is 125 cm³/mol. The van der Waals surface area contributed by atoms with E-state index in [4.69, 9.17) is 4.74 Å². The minimum Gasteiger partial charge on any atom is -0.378 e. The normalized spacial score (nSPS) is 14.4. The summed E-state index contributed by atoms with van der Waals surface area (Å²) in [4.78, 5) is 25.9. The van der Waals surface area contributed by atoms with Crippen LogP contribution in [0.15, 0.2) is 41.3 Å². The van der Waals surface area contributed by atoms with E-state index in [2.05, 4.69) is 5.32 Å². The van der Waals surface area contributed by atoms with Gasteiger partial charge in [0.05, 0.1) is 34.4 Å². The topological polar surface area (TPSA) is 122 Å². The second kappa shape index (κ2) is 10.3. The molecular weight excluding hydrogens is 448 g/mol. The number of nitro groups is 1. The fourth-order valence-corrected chi connectivity index (χ4v) is 5.31. The molecule has 1 saturated heterocycles. The summed E-state index contributed by atoms with van der Waals surface area (Å²) in [5.41, 5.74) is 1.21. The molecule has 1 fully saturated rings. The first kappa shape index (κ1) is 24.6. The summed E-state index contributed by atoms with van der Waals surface area (Å²) in [5, 5.41) is 14.1. The van der Waals surface area contributed by atoms with E-state index in [9.17, 15) is 23.3 Å². The summed E-state index contributed by atoms with van der Waals surface area (Å²) in [7, 11) is -3.75. The summed E-state index contributed by atoms with van der Waals surface area (Å²) >= 11 is 0. The Morgan fingerprint density at radius 1 is 1.18 bits per heavy atom. The van der Waals surface area contributed by atoms with Gasteiger partial charge in [0, 0.05) is 43.4 Å². The van der Waals surface area contributed by atoms with Gasteiger partial charge in [0.1, 0.15) is 0 Å². The van der Waals surface area contributed by atoms with E-state index in [1.165, 1.54) is 41.6 Å². The molecule has 2 aromatic rings. The van der Waals surface area contributed by atoms with Gasteiger partial charge in [-0.1, -0.05) is 19.9 Å². The molecule has 3 rings (SSSR count). The molecule has 0 bridgehead atoms. The Hall–Kier alpha value is -3.02. The average molecular weight is 477 g/mol. The van der Waals surface area contributed by atoms with E-state index in [1.54, 1.807) is 19.9 Å². The third-order valence-corrected chi connectivity index (χ3v) is 7.70. The van der Waals surface area contributed by atoms with Gasteiger partial charge in [-0.25, -0.2) is 8.42 Å². The Kier molecular flexibility index (Phi) is 7.67. The van der Waals surface area contributed by atoms with Gasteiger partial charge in [-0.3, -0.25) is 14.9 Å². The fourth-order valence-electron chi connectivity index (χ4n) is 3.83. The molecule has 178 valence electrons. The summed E-state index contributed by atoms with van der Waals surface area (Å²) in [6.07, 6.45) is 0. The second-order valence-corrected chi connectivity index (χ2v) is 9.47. The van der Waals surface area contributed by atoms with E-state index >= 15 is 0 Å². The zero-order valence-electron chi connectivity index (χ0n) is 18.9. The summed E-state index contributed by atoms with van der Waals surface area (Å²) in [6.45, 7) is 7.86. The van der Waals surface area contributed by atoms with Crippen molar-refractivity contribution in [2.24, 2.45) is 0 Å². The predicted octanol–water partition coefficient (Wildman–Crippen LogP) is 3.02. The Labute approximate surface area is 193 Å². The molecule has 10 nitrogen and oxygen atoms in total. The molecule has 1 amide bonds. The maximum atomic E-state index is 13.1. The van der Waals surface area contributed by atoms with Crippen LogP contribution in [0.25, 0.3) is 0 Å². The zero-order chi connectivity index (χ0) is 24.2. The van der Waals surface area contributed by atoms with Crippen molar-refractivity contribution in [3.63, 3.8) is 0 Å². The first-order valence-corrected chi connectivity index (χ1v) is 12.2. The number of carbonyl (C=O) groups is 1. The van der Waals surface area contributed by atoms with Gasteiger partial charge in [-0.2, -0.15) is 4.31 Å². The minimum atomic E-state index is -3.75. The third kappa shape index (κ3) is 5.15. The number of nitrogens with one attached hydrogen (secondary N) is 1. The van der Waals surface area contributed by atoms with Crippen molar-refractivity contribution in [1.29, 1.82) is 0 Å². The summed E-state index contributed by atoms with van der Waals surface area (Å²) in [5.74, 6) is -0.553. The molecule has 0 saturated carbocycles. The smallest absolute Gasteiger partial charge is 0.273 e. The highest BCUT2D eigenvalue weighted by molar-refractivity contribution is 7.89. The lowest BCUT2D eigenvalue weighted by Crippen LogP contribution is -2.37. The maximum Gasteiger partial charge on any atom is 0.273 e. The molecule has 0 aromatic heterocycles. The van der Waals surface area contributed by atoms with Gasteiger partial charge in [-0.05, 0) is 31.2 Å². The van der Waals surface area contributed by atoms with Gasteiger partial charge in [0.25, 0.3) is 11.6 Å². The number of carbonyl (C=O) groups excluding carboxylic acids is 1. The standard InChI is InChI=1S/C22H28N4O6S/c1-4-25(5-2)33(30,31)17-9-10-21(24-11-13-32-14-12-24)19(15-17)23-22(27)18-7-6-8-20(16(18)3)26(28)29/h6-10,15H,4-5,11-14H2,1-3H3,(H,23,27). The monoisotopic (exact) mass is 476 g/mol. The highest BCUT2D eigenvalue weighted by Gasteiger charge is 2.26. The molecule has 2 aromatic carbocycles. The SMILES string of the molecule is CCN(CC)S(=O)(=O)c1ccc(N2CCOCC2)c(NC(=O)c2cccc([N+](=O)[O-])c2C)c1. The van der Waals surface area contributed by atoms with E-state index in [0.29, 0.717) is 50.8 Å². The lowest BCUT2D eigenvalue weighted by Gasteiger charge is -2.31. The lowest BCUT2D eigenvalue weighted by molar-refractivity contribution is -0.385. The van der Waals surface area contributed by atoms with E-state index < -0.39 is 20.9 Å². The van der Waals surface area contributed by atoms with Crippen LogP contribution < -0.4 is 10.2 Å². The average Bonchev–Trinajstić information content (AvgIpc) is 2.80. The Balaban J connectivity index is 2.05. The van der Waals surface area contributed by atoms with Crippen LogP contribution in [-0.2, 0) is 14.8 Å². The Morgan fingerprint density at radius 2 is 1.85 bits per heavy atom. The van der Waals surface area contributed by atoms with Crippen LogP contribution >= 0.6 is 0 Å². The van der Waals surface area contributed by atoms with Crippen LogP contribution in [0.3, 0.4) is 0 Å². The largest absolute Gasteiger partial charge is 0.378 e. The molecule has 1 aliphatic heterocycles. The molecule has 0 spiro atoms. The number of benzene rings is 2. The summed E-state index contributed by atoms with van der Waals surface area (Å²) in [6, 6.07) is 8.95. The fraction of sp³-hybridized carbons (Fsp3) is 0.409. The quantitative estimate of drug-likeness (QED) is 0.459. The zero-order valence-corrected chi connectivity index (χ0v) is 19.7. The highest BCUT2D eigenvalue weighted by Crippen LogP contribution is 2.32. The van der Waals surface area contributed by atoms with E-state index in [0.717, 1.165) is 0 Å². The van der Waals surface area contributed by atoms with Crippen molar-refractivity contribution in [2.75, 3.05) is 49.6 Å². The van der Waals surface area contributed by atoms with Crippen LogP contribution in [0.2, 0.25) is 0 Å². The van der Waals surface area contributed by atoms with Crippen molar-refractivity contribution in [2.45, 2.75) is 25.7 Å². The van der Waals surface area contributed by atoms with Crippen molar-refractivity contribution < 1.29 is 22.9 Å². The molecular formula is C22H28N4O6S. The number of morpholine rings is 1. The van der Waals surface area contributed by atoms with Crippen LogP contribution in [-0.4, -0.2) is 62.9 Å². The van der Waals surface area contributed by atoms with Gasteiger partial charge in [-0.15, -0.1) is 0 Å². The number of hydrogen-bond donors (Lipinski definition) is 1. The Morgan fingerprint density at radius 3 is 2.45 bits per heavy atom. The molecule has 1 N–H and O–H groups in total. The molecule has 0 unspecified atom stereocenters. The number of ether oxygens (including phenoxy) is 1. The molecule has 1 aliphatic rings. The van der Waals surface area contributed by atoms with Crippen LogP contribution in [0.5, 0.6) is 0 Å². The van der Waals surface area contributed by atoms with E-state index in [-0.39, 0.29) is 21.7 Å². The van der Waals surface area contributed by atoms with Crippen molar-refractivity contribution >= 4 is 33.0 Å². The van der Waals surface area contributed by atoms with Crippen LogP contribution in [0, 0.1) is 17.0 Å². The van der Waals surface area contributed by atoms with Gasteiger partial charge < -0.3 is 15.0 Å². The molecule has 0 atom stereocenters. The van der Waals surface area contributed by atoms with Crippen LogP contribution in [0.1, 0.15) is 29.8 Å². The summed E-state index contributed by atoms with van der Waals surface area (Å²) < 4.78 is 32.9. The lowest BCUT2D eigenvalue weighted by atomic mass is 10.1. The first-order chi connectivity index (χ1) is 15.7. The van der Waals surface area contributed by atoms with Crippen molar-refractivity contribution in [3.8, 4) is 0 Å². The van der Waals surface area contributed by atoms with Crippen LogP contribution in [0.4, 0.5) is 17.1 Å². The van der Waals surface area contributed by atoms with Crippen molar-refractivity contribution in [3.05, 3.63) is 57.6 Å². The number of amides is 1. The highest BCUT2D eigenvalue weighted by atomic mass is 32.2. The van der Waals surface area contributed by atoms with Gasteiger partial charge >= 0.3 is 0 Å². The maximum absolute atomic E-state index is 13.1. The number of rotatable bonds is 8. The number of anilines is 2. The molecule has 11 heteroatoms. The second-order valence-electron chi connectivity index (χ2n) is 7.53. The molecule has 1 heterocycles. The Bertz CT molecular complexity index is 1140.